The van der Waals surface area contributed by atoms with Crippen LogP contribution in [0.3, 0.4) is 0 Å². The highest BCUT2D eigenvalue weighted by molar-refractivity contribution is 7.12. The van der Waals surface area contributed by atoms with Gasteiger partial charge < -0.3 is 5.32 Å². The van der Waals surface area contributed by atoms with Crippen molar-refractivity contribution in [2.24, 2.45) is 0 Å². The number of non-ortho nitro benzene ring substituents is 2. The number of benzene rings is 2. The maximum atomic E-state index is 12.4. The van der Waals surface area contributed by atoms with Gasteiger partial charge in [-0.1, -0.05) is 24.3 Å². The molecular weight excluding hydrogens is 410 g/mol. The molecule has 30 heavy (non-hydrogen) atoms. The minimum atomic E-state index is -0.803. The number of hydrogen-bond donors (Lipinski definition) is 1. The van der Waals surface area contributed by atoms with Crippen LogP contribution < -0.4 is 5.32 Å². The van der Waals surface area contributed by atoms with Crippen LogP contribution in [-0.2, 0) is 0 Å². The van der Waals surface area contributed by atoms with Gasteiger partial charge in [-0.3, -0.25) is 29.8 Å². The van der Waals surface area contributed by atoms with E-state index in [1.165, 1.54) is 17.4 Å². The highest BCUT2D eigenvalue weighted by Crippen LogP contribution is 2.23. The second-order valence-electron chi connectivity index (χ2n) is 6.00. The van der Waals surface area contributed by atoms with E-state index >= 15 is 0 Å². The summed E-state index contributed by atoms with van der Waals surface area (Å²) in [6, 6.07) is 12.7. The summed E-state index contributed by atoms with van der Waals surface area (Å²) in [5.41, 5.74) is -0.198. The Balaban J connectivity index is 1.72. The summed E-state index contributed by atoms with van der Waals surface area (Å²) in [7, 11) is 0. The van der Waals surface area contributed by atoms with Crippen molar-refractivity contribution in [3.63, 3.8) is 0 Å². The predicted octanol–water partition coefficient (Wildman–Crippen LogP) is 4.71. The SMILES string of the molecule is O=C(Nc1ccc(/C=C\C(=O)c2cccs2)cc1)c1cc([N+](=O)[O-])cc([N+](=O)[O-])c1. The van der Waals surface area contributed by atoms with Crippen LogP contribution in [0.4, 0.5) is 17.1 Å². The molecule has 0 saturated carbocycles. The van der Waals surface area contributed by atoms with Gasteiger partial charge in [0.15, 0.2) is 5.78 Å². The number of thiophene rings is 1. The maximum Gasteiger partial charge on any atom is 0.277 e. The Morgan fingerprint density at radius 3 is 2.10 bits per heavy atom. The zero-order valence-corrected chi connectivity index (χ0v) is 16.0. The number of nitrogens with zero attached hydrogens (tertiary/aromatic N) is 2. The predicted molar refractivity (Wildman–Crippen MR) is 112 cm³/mol. The van der Waals surface area contributed by atoms with E-state index in [1.807, 2.05) is 5.38 Å². The number of nitro benzene ring substituents is 2. The third kappa shape index (κ3) is 5.00. The lowest BCUT2D eigenvalue weighted by atomic mass is 10.1. The minimum Gasteiger partial charge on any atom is -0.322 e. The van der Waals surface area contributed by atoms with Gasteiger partial charge in [-0.25, -0.2) is 0 Å². The summed E-state index contributed by atoms with van der Waals surface area (Å²) in [6.45, 7) is 0. The highest BCUT2D eigenvalue weighted by atomic mass is 32.1. The number of nitrogens with one attached hydrogen (secondary N) is 1. The smallest absolute Gasteiger partial charge is 0.277 e. The third-order valence-electron chi connectivity index (χ3n) is 3.95. The van der Waals surface area contributed by atoms with Crippen LogP contribution in [-0.4, -0.2) is 21.5 Å². The molecule has 10 heteroatoms. The summed E-state index contributed by atoms with van der Waals surface area (Å²) in [4.78, 5) is 45.3. The van der Waals surface area contributed by atoms with E-state index in [9.17, 15) is 29.8 Å². The zero-order chi connectivity index (χ0) is 21.7. The minimum absolute atomic E-state index is 0.116. The van der Waals surface area contributed by atoms with Crippen LogP contribution in [0.25, 0.3) is 6.08 Å². The quantitative estimate of drug-likeness (QED) is 0.253. The van der Waals surface area contributed by atoms with Gasteiger partial charge in [0.1, 0.15) is 0 Å². The Bertz CT molecular complexity index is 1120. The monoisotopic (exact) mass is 423 g/mol. The van der Waals surface area contributed by atoms with Crippen molar-refractivity contribution in [1.29, 1.82) is 0 Å². The van der Waals surface area contributed by atoms with Gasteiger partial charge in [-0.2, -0.15) is 0 Å². The normalized spacial score (nSPS) is 10.7. The number of nitro groups is 2. The molecule has 0 aliphatic carbocycles. The van der Waals surface area contributed by atoms with E-state index in [4.69, 9.17) is 0 Å². The maximum absolute atomic E-state index is 12.4. The van der Waals surface area contributed by atoms with E-state index in [0.29, 0.717) is 10.6 Å². The largest absolute Gasteiger partial charge is 0.322 e. The molecule has 150 valence electrons. The van der Waals surface area contributed by atoms with Gasteiger partial charge in [-0.05, 0) is 35.2 Å². The van der Waals surface area contributed by atoms with Gasteiger partial charge in [0.05, 0.1) is 26.4 Å². The lowest BCUT2D eigenvalue weighted by Gasteiger charge is -2.06. The fourth-order valence-corrected chi connectivity index (χ4v) is 3.14. The second kappa shape index (κ2) is 8.88. The molecular formula is C20H13N3O6S. The topological polar surface area (TPSA) is 132 Å². The van der Waals surface area contributed by atoms with Gasteiger partial charge in [0, 0.05) is 17.8 Å². The molecule has 1 amide bonds. The summed E-state index contributed by atoms with van der Waals surface area (Å²) in [5, 5.41) is 26.3. The summed E-state index contributed by atoms with van der Waals surface area (Å²) in [6.07, 6.45) is 3.08. The number of allylic oxidation sites excluding steroid dienone is 1. The summed E-state index contributed by atoms with van der Waals surface area (Å²) in [5.74, 6) is -0.840. The molecule has 0 radical (unpaired) electrons. The van der Waals surface area contributed by atoms with Crippen molar-refractivity contribution < 1.29 is 19.4 Å². The first kappa shape index (κ1) is 20.6. The van der Waals surface area contributed by atoms with Gasteiger partial charge in [-0.15, -0.1) is 11.3 Å². The average Bonchev–Trinajstić information content (AvgIpc) is 3.27. The molecule has 0 unspecified atom stereocenters. The molecule has 0 fully saturated rings. The van der Waals surface area contributed by atoms with Crippen LogP contribution in [0, 0.1) is 20.2 Å². The Kier molecular flexibility index (Phi) is 6.08. The van der Waals surface area contributed by atoms with Gasteiger partial charge >= 0.3 is 0 Å². The van der Waals surface area contributed by atoms with Crippen molar-refractivity contribution in [1.82, 2.24) is 0 Å². The van der Waals surface area contributed by atoms with Gasteiger partial charge in [0.25, 0.3) is 17.3 Å². The number of carbonyl (C=O) groups is 2. The molecule has 9 nitrogen and oxygen atoms in total. The van der Waals surface area contributed by atoms with Crippen molar-refractivity contribution >= 4 is 46.2 Å². The van der Waals surface area contributed by atoms with Crippen LogP contribution in [0.5, 0.6) is 0 Å². The van der Waals surface area contributed by atoms with Gasteiger partial charge in [0.2, 0.25) is 0 Å². The second-order valence-corrected chi connectivity index (χ2v) is 6.95. The lowest BCUT2D eigenvalue weighted by Crippen LogP contribution is -2.12. The Labute approximate surface area is 173 Å². The molecule has 2 aromatic carbocycles. The van der Waals surface area contributed by atoms with E-state index in [0.717, 1.165) is 23.8 Å². The molecule has 0 bridgehead atoms. The number of carbonyl (C=O) groups excluding carboxylic acids is 2. The average molecular weight is 423 g/mol. The van der Waals surface area contributed by atoms with Crippen molar-refractivity contribution in [3.8, 4) is 0 Å². The van der Waals surface area contributed by atoms with E-state index in [-0.39, 0.29) is 11.3 Å². The highest BCUT2D eigenvalue weighted by Gasteiger charge is 2.20. The zero-order valence-electron chi connectivity index (χ0n) is 15.2. The molecule has 3 aromatic rings. The third-order valence-corrected chi connectivity index (χ3v) is 4.83. The summed E-state index contributed by atoms with van der Waals surface area (Å²) < 4.78 is 0. The summed E-state index contributed by atoms with van der Waals surface area (Å²) >= 11 is 1.35. The number of hydrogen-bond acceptors (Lipinski definition) is 7. The number of rotatable bonds is 7. The molecule has 1 aromatic heterocycles. The molecule has 0 spiro atoms. The fourth-order valence-electron chi connectivity index (χ4n) is 2.49. The Hall–Kier alpha value is -4.18. The molecule has 1 N–H and O–H groups in total. The number of anilines is 1. The number of amides is 1. The molecule has 0 aliphatic heterocycles. The lowest BCUT2D eigenvalue weighted by molar-refractivity contribution is -0.394. The molecule has 0 atom stereocenters. The molecule has 0 aliphatic rings. The van der Waals surface area contributed by atoms with Crippen LogP contribution >= 0.6 is 11.3 Å². The van der Waals surface area contributed by atoms with Crippen molar-refractivity contribution in [2.45, 2.75) is 0 Å². The van der Waals surface area contributed by atoms with E-state index in [1.54, 1.807) is 42.5 Å². The molecule has 0 saturated heterocycles. The first-order valence-corrected chi connectivity index (χ1v) is 9.32. The van der Waals surface area contributed by atoms with E-state index < -0.39 is 27.1 Å². The Morgan fingerprint density at radius 2 is 1.57 bits per heavy atom. The standard InChI is InChI=1S/C20H13N3O6S/c24-18(19-2-1-9-30-19)8-5-13-3-6-15(7-4-13)21-20(25)14-10-16(22(26)27)12-17(11-14)23(28)29/h1-12H,(H,21,25)/b8-5-. The van der Waals surface area contributed by atoms with Crippen LogP contribution in [0.1, 0.15) is 25.6 Å². The first-order valence-electron chi connectivity index (χ1n) is 8.45. The molecule has 3 rings (SSSR count). The number of ketones is 1. The molecule has 1 heterocycles. The van der Waals surface area contributed by atoms with Crippen LogP contribution in [0.15, 0.2) is 66.1 Å². The van der Waals surface area contributed by atoms with Crippen molar-refractivity contribution in [2.75, 3.05) is 5.32 Å². The Morgan fingerprint density at radius 1 is 0.933 bits per heavy atom. The van der Waals surface area contributed by atoms with Crippen LogP contribution in [0.2, 0.25) is 0 Å². The van der Waals surface area contributed by atoms with E-state index in [2.05, 4.69) is 5.32 Å². The van der Waals surface area contributed by atoms with Crippen molar-refractivity contribution in [3.05, 3.63) is 102 Å². The first-order chi connectivity index (χ1) is 14.3. The fraction of sp³-hybridized carbons (Fsp3) is 0.